The van der Waals surface area contributed by atoms with Crippen molar-refractivity contribution in [2.24, 2.45) is 0 Å². The third-order valence-electron chi connectivity index (χ3n) is 4.66. The highest BCUT2D eigenvalue weighted by molar-refractivity contribution is 14.1. The molecule has 0 fully saturated rings. The first-order valence-electron chi connectivity index (χ1n) is 9.10. The van der Waals surface area contributed by atoms with Crippen LogP contribution in [0, 0.1) is 7.14 Å². The Labute approximate surface area is 193 Å². The van der Waals surface area contributed by atoms with Crippen molar-refractivity contribution in [3.8, 4) is 0 Å². The SMILES string of the molecule is Ic1ccccc1C(=C(c1ccccc1)c1ccccc1I)c1ccccc1. The molecule has 0 radical (unpaired) electrons. The number of benzene rings is 4. The van der Waals surface area contributed by atoms with Crippen LogP contribution in [-0.2, 0) is 0 Å². The van der Waals surface area contributed by atoms with E-state index in [1.165, 1.54) is 40.5 Å². The molecule has 136 valence electrons. The molecule has 4 aromatic carbocycles. The Morgan fingerprint density at radius 2 is 0.714 bits per heavy atom. The van der Waals surface area contributed by atoms with Gasteiger partial charge in [-0.25, -0.2) is 0 Å². The zero-order valence-corrected chi connectivity index (χ0v) is 19.5. The number of halogens is 2. The molecule has 0 unspecified atom stereocenters. The average Bonchev–Trinajstić information content (AvgIpc) is 2.75. The lowest BCUT2D eigenvalue weighted by Gasteiger charge is -2.20. The maximum Gasteiger partial charge on any atom is 0.0209 e. The van der Waals surface area contributed by atoms with Gasteiger partial charge in [-0.15, -0.1) is 0 Å². The van der Waals surface area contributed by atoms with Crippen LogP contribution in [0.3, 0.4) is 0 Å². The molecule has 0 N–H and O–H groups in total. The van der Waals surface area contributed by atoms with Crippen molar-refractivity contribution in [2.75, 3.05) is 0 Å². The largest absolute Gasteiger partial charge is 0.0622 e. The zero-order chi connectivity index (χ0) is 19.3. The maximum absolute atomic E-state index is 2.45. The van der Waals surface area contributed by atoms with Crippen molar-refractivity contribution < 1.29 is 0 Å². The first-order chi connectivity index (χ1) is 13.8. The number of rotatable bonds is 4. The molecule has 0 aliphatic heterocycles. The first kappa shape index (κ1) is 19.4. The lowest BCUT2D eigenvalue weighted by atomic mass is 9.86. The van der Waals surface area contributed by atoms with Crippen LogP contribution < -0.4 is 0 Å². The minimum Gasteiger partial charge on any atom is -0.0622 e. The molecular formula is C26H18I2. The van der Waals surface area contributed by atoms with Crippen LogP contribution in [0.1, 0.15) is 22.3 Å². The lowest BCUT2D eigenvalue weighted by molar-refractivity contribution is 1.47. The summed E-state index contributed by atoms with van der Waals surface area (Å²) in [6, 6.07) is 38.7. The Balaban J connectivity index is 2.16. The molecule has 0 amide bonds. The van der Waals surface area contributed by atoms with Gasteiger partial charge in [0.15, 0.2) is 0 Å². The molecule has 0 aromatic heterocycles. The molecule has 0 bridgehead atoms. The fraction of sp³-hybridized carbons (Fsp3) is 0. The normalized spacial score (nSPS) is 11.8. The molecule has 4 aromatic rings. The van der Waals surface area contributed by atoms with Gasteiger partial charge < -0.3 is 0 Å². The Kier molecular flexibility index (Phi) is 6.27. The molecule has 0 aliphatic carbocycles. The molecular weight excluding hydrogens is 566 g/mol. The molecule has 0 nitrogen and oxygen atoms in total. The summed E-state index contributed by atoms with van der Waals surface area (Å²) in [5, 5.41) is 0. The summed E-state index contributed by atoms with van der Waals surface area (Å²) >= 11 is 4.89. The average molecular weight is 584 g/mol. The van der Waals surface area contributed by atoms with Crippen LogP contribution in [0.4, 0.5) is 0 Å². The van der Waals surface area contributed by atoms with Crippen molar-refractivity contribution in [1.29, 1.82) is 0 Å². The van der Waals surface area contributed by atoms with Crippen LogP contribution in [0.15, 0.2) is 109 Å². The van der Waals surface area contributed by atoms with E-state index in [-0.39, 0.29) is 0 Å². The van der Waals surface area contributed by atoms with Gasteiger partial charge in [-0.2, -0.15) is 0 Å². The molecule has 28 heavy (non-hydrogen) atoms. The highest BCUT2D eigenvalue weighted by Crippen LogP contribution is 2.39. The van der Waals surface area contributed by atoms with E-state index in [0.29, 0.717) is 0 Å². The Hall–Kier alpha value is -1.92. The van der Waals surface area contributed by atoms with E-state index in [2.05, 4.69) is 154 Å². The van der Waals surface area contributed by atoms with Crippen LogP contribution in [0.2, 0.25) is 0 Å². The van der Waals surface area contributed by atoms with Gasteiger partial charge in [0.2, 0.25) is 0 Å². The van der Waals surface area contributed by atoms with E-state index in [1.54, 1.807) is 0 Å². The fourth-order valence-corrected chi connectivity index (χ4v) is 4.72. The van der Waals surface area contributed by atoms with Gasteiger partial charge in [0.25, 0.3) is 0 Å². The van der Waals surface area contributed by atoms with Crippen molar-refractivity contribution in [1.82, 2.24) is 0 Å². The van der Waals surface area contributed by atoms with Crippen molar-refractivity contribution >= 4 is 56.3 Å². The molecule has 2 heteroatoms. The predicted molar refractivity (Wildman–Crippen MR) is 136 cm³/mol. The van der Waals surface area contributed by atoms with Crippen molar-refractivity contribution in [3.05, 3.63) is 139 Å². The molecule has 0 heterocycles. The van der Waals surface area contributed by atoms with E-state index in [0.717, 1.165) is 0 Å². The van der Waals surface area contributed by atoms with E-state index in [4.69, 9.17) is 0 Å². The van der Waals surface area contributed by atoms with Crippen molar-refractivity contribution in [3.63, 3.8) is 0 Å². The second-order valence-corrected chi connectivity index (χ2v) is 8.77. The minimum absolute atomic E-state index is 1.23. The summed E-state index contributed by atoms with van der Waals surface area (Å²) in [6.45, 7) is 0. The summed E-state index contributed by atoms with van der Waals surface area (Å²) in [5.41, 5.74) is 7.50. The molecule has 0 saturated carbocycles. The maximum atomic E-state index is 2.45. The Morgan fingerprint density at radius 1 is 0.393 bits per heavy atom. The number of hydrogen-bond acceptors (Lipinski definition) is 0. The van der Waals surface area contributed by atoms with Gasteiger partial charge in [-0.1, -0.05) is 97.1 Å². The van der Waals surface area contributed by atoms with Crippen molar-refractivity contribution in [2.45, 2.75) is 0 Å². The van der Waals surface area contributed by atoms with E-state index in [1.807, 2.05) is 0 Å². The van der Waals surface area contributed by atoms with Gasteiger partial charge in [0.1, 0.15) is 0 Å². The summed E-state index contributed by atoms with van der Waals surface area (Å²) in [5.74, 6) is 0. The predicted octanol–water partition coefficient (Wildman–Crippen LogP) is 7.90. The highest BCUT2D eigenvalue weighted by atomic mass is 127. The third kappa shape index (κ3) is 4.08. The van der Waals surface area contributed by atoms with E-state index < -0.39 is 0 Å². The summed E-state index contributed by atoms with van der Waals surface area (Å²) in [7, 11) is 0. The highest BCUT2D eigenvalue weighted by Gasteiger charge is 2.18. The number of hydrogen-bond donors (Lipinski definition) is 0. The second kappa shape index (κ2) is 9.05. The monoisotopic (exact) mass is 584 g/mol. The van der Waals surface area contributed by atoms with Crippen LogP contribution >= 0.6 is 45.2 Å². The van der Waals surface area contributed by atoms with Gasteiger partial charge in [0.05, 0.1) is 0 Å². The Morgan fingerprint density at radius 3 is 1.07 bits per heavy atom. The Bertz CT molecular complexity index is 1020. The summed E-state index contributed by atoms with van der Waals surface area (Å²) in [4.78, 5) is 0. The zero-order valence-electron chi connectivity index (χ0n) is 15.1. The standard InChI is InChI=1S/C26H18I2/c27-23-17-9-7-15-21(23)25(19-11-3-1-4-12-19)26(20-13-5-2-6-14-20)22-16-8-10-18-24(22)28/h1-18H. The summed E-state index contributed by atoms with van der Waals surface area (Å²) in [6.07, 6.45) is 0. The molecule has 0 aliphatic rings. The lowest BCUT2D eigenvalue weighted by Crippen LogP contribution is -2.00. The van der Waals surface area contributed by atoms with E-state index >= 15 is 0 Å². The minimum atomic E-state index is 1.23. The second-order valence-electron chi connectivity index (χ2n) is 6.44. The summed E-state index contributed by atoms with van der Waals surface area (Å²) < 4.78 is 2.50. The van der Waals surface area contributed by atoms with Crippen LogP contribution in [0.5, 0.6) is 0 Å². The van der Waals surface area contributed by atoms with Gasteiger partial charge in [-0.05, 0) is 90.7 Å². The molecule has 0 saturated heterocycles. The molecule has 4 rings (SSSR count). The van der Waals surface area contributed by atoms with Crippen LogP contribution in [-0.4, -0.2) is 0 Å². The third-order valence-corrected chi connectivity index (χ3v) is 6.54. The fourth-order valence-electron chi connectivity index (χ4n) is 3.41. The van der Waals surface area contributed by atoms with E-state index in [9.17, 15) is 0 Å². The van der Waals surface area contributed by atoms with Crippen LogP contribution in [0.25, 0.3) is 11.1 Å². The first-order valence-corrected chi connectivity index (χ1v) is 11.3. The topological polar surface area (TPSA) is 0 Å². The molecule has 0 spiro atoms. The molecule has 0 atom stereocenters. The van der Waals surface area contributed by atoms with Gasteiger partial charge >= 0.3 is 0 Å². The van der Waals surface area contributed by atoms with Gasteiger partial charge in [-0.3, -0.25) is 0 Å². The quantitative estimate of drug-likeness (QED) is 0.169. The van der Waals surface area contributed by atoms with Gasteiger partial charge in [0, 0.05) is 7.14 Å². The smallest absolute Gasteiger partial charge is 0.0209 e.